The molecule has 0 unspecified atom stereocenters. The molecule has 15 heavy (non-hydrogen) atoms. The van der Waals surface area contributed by atoms with Gasteiger partial charge in [-0.3, -0.25) is 0 Å². The Morgan fingerprint density at radius 3 is 3.13 bits per heavy atom. The summed E-state index contributed by atoms with van der Waals surface area (Å²) in [4.78, 5) is 13.1. The molecule has 0 aromatic carbocycles. The van der Waals surface area contributed by atoms with Crippen LogP contribution in [0.25, 0.3) is 0 Å². The fourth-order valence-corrected chi connectivity index (χ4v) is 1.39. The fourth-order valence-electron chi connectivity index (χ4n) is 1.39. The van der Waals surface area contributed by atoms with Gasteiger partial charge < -0.3 is 19.5 Å². The Morgan fingerprint density at radius 1 is 1.67 bits per heavy atom. The Bertz CT molecular complexity index is 198. The second kappa shape index (κ2) is 6.63. The molecule has 1 rings (SSSR count). The fraction of sp³-hybridized carbons (Fsp3) is 0.900. The first-order valence-electron chi connectivity index (χ1n) is 5.42. The highest BCUT2D eigenvalue weighted by Crippen LogP contribution is 2.06. The lowest BCUT2D eigenvalue weighted by molar-refractivity contribution is -0.0496. The van der Waals surface area contributed by atoms with Gasteiger partial charge in [-0.05, 0) is 6.42 Å². The van der Waals surface area contributed by atoms with E-state index in [-0.39, 0.29) is 18.8 Å². The summed E-state index contributed by atoms with van der Waals surface area (Å²) >= 11 is 0. The van der Waals surface area contributed by atoms with E-state index in [0.29, 0.717) is 26.3 Å². The Morgan fingerprint density at radius 2 is 2.47 bits per heavy atom. The summed E-state index contributed by atoms with van der Waals surface area (Å²) < 4.78 is 10.3. The number of rotatable bonds is 4. The third kappa shape index (κ3) is 4.05. The number of amides is 1. The van der Waals surface area contributed by atoms with Gasteiger partial charge in [-0.2, -0.15) is 0 Å². The molecule has 1 aliphatic rings. The number of unbranched alkanes of at least 4 members (excludes halogenated alkanes) is 1. The Kier molecular flexibility index (Phi) is 5.42. The van der Waals surface area contributed by atoms with Gasteiger partial charge in [0.15, 0.2) is 0 Å². The molecule has 5 nitrogen and oxygen atoms in total. The van der Waals surface area contributed by atoms with Crippen molar-refractivity contribution < 1.29 is 19.4 Å². The summed E-state index contributed by atoms with van der Waals surface area (Å²) in [7, 11) is 0. The smallest absolute Gasteiger partial charge is 0.409 e. The number of aliphatic hydroxyl groups excluding tert-OH is 1. The van der Waals surface area contributed by atoms with Crippen LogP contribution in [0.5, 0.6) is 0 Å². The zero-order valence-corrected chi connectivity index (χ0v) is 9.15. The molecular weight excluding hydrogens is 198 g/mol. The number of hydrogen-bond donors (Lipinski definition) is 1. The van der Waals surface area contributed by atoms with Crippen LogP contribution >= 0.6 is 0 Å². The lowest BCUT2D eigenvalue weighted by atomic mass is 10.3. The van der Waals surface area contributed by atoms with Crippen LogP contribution in [-0.4, -0.2) is 55.1 Å². The van der Waals surface area contributed by atoms with Gasteiger partial charge in [0.2, 0.25) is 0 Å². The molecule has 1 fully saturated rings. The van der Waals surface area contributed by atoms with E-state index < -0.39 is 0 Å². The van der Waals surface area contributed by atoms with Crippen LogP contribution in [0.2, 0.25) is 0 Å². The number of ether oxygens (including phenoxy) is 2. The van der Waals surface area contributed by atoms with Crippen molar-refractivity contribution in [1.82, 2.24) is 4.90 Å². The van der Waals surface area contributed by atoms with E-state index in [4.69, 9.17) is 14.6 Å². The van der Waals surface area contributed by atoms with Crippen LogP contribution in [0, 0.1) is 0 Å². The van der Waals surface area contributed by atoms with Crippen molar-refractivity contribution in [3.8, 4) is 0 Å². The van der Waals surface area contributed by atoms with E-state index in [2.05, 4.69) is 0 Å². The molecule has 1 heterocycles. The monoisotopic (exact) mass is 217 g/mol. The average molecular weight is 217 g/mol. The molecule has 1 amide bonds. The molecule has 0 bridgehead atoms. The quantitative estimate of drug-likeness (QED) is 0.701. The predicted molar refractivity (Wildman–Crippen MR) is 54.7 cm³/mol. The number of carbonyl (C=O) groups excluding carboxylic acids is 1. The maximum absolute atomic E-state index is 11.5. The Balaban J connectivity index is 2.25. The molecule has 1 aliphatic heterocycles. The second-order valence-electron chi connectivity index (χ2n) is 3.59. The minimum Gasteiger partial charge on any atom is -0.449 e. The average Bonchev–Trinajstić information content (AvgIpc) is 2.29. The highest BCUT2D eigenvalue weighted by Gasteiger charge is 2.24. The largest absolute Gasteiger partial charge is 0.449 e. The van der Waals surface area contributed by atoms with E-state index in [9.17, 15) is 4.79 Å². The van der Waals surface area contributed by atoms with E-state index in [1.165, 1.54) is 0 Å². The van der Waals surface area contributed by atoms with Crippen LogP contribution in [0.4, 0.5) is 4.79 Å². The minimum absolute atomic E-state index is 0.0568. The Hall–Kier alpha value is -0.810. The topological polar surface area (TPSA) is 59.0 Å². The molecular formula is C10H19NO4. The van der Waals surface area contributed by atoms with Gasteiger partial charge in [0, 0.05) is 6.54 Å². The summed E-state index contributed by atoms with van der Waals surface area (Å²) in [5.74, 6) is 0. The second-order valence-corrected chi connectivity index (χ2v) is 3.59. The van der Waals surface area contributed by atoms with E-state index in [1.807, 2.05) is 6.92 Å². The zero-order chi connectivity index (χ0) is 11.1. The van der Waals surface area contributed by atoms with Gasteiger partial charge in [-0.1, -0.05) is 13.3 Å². The van der Waals surface area contributed by atoms with Crippen LogP contribution < -0.4 is 0 Å². The number of hydrogen-bond acceptors (Lipinski definition) is 4. The first kappa shape index (κ1) is 12.3. The maximum atomic E-state index is 11.5. The third-order valence-electron chi connectivity index (χ3n) is 2.32. The van der Waals surface area contributed by atoms with Crippen LogP contribution in [-0.2, 0) is 9.47 Å². The lowest BCUT2D eigenvalue weighted by Crippen LogP contribution is -2.47. The molecule has 0 aromatic heterocycles. The van der Waals surface area contributed by atoms with Gasteiger partial charge in [-0.15, -0.1) is 0 Å². The number of aliphatic hydroxyl groups is 1. The summed E-state index contributed by atoms with van der Waals surface area (Å²) in [6.07, 6.45) is 1.33. The molecule has 5 heteroatoms. The molecule has 0 aliphatic carbocycles. The predicted octanol–water partition coefficient (Wildman–Crippen LogP) is 0.616. The summed E-state index contributed by atoms with van der Waals surface area (Å²) in [6.45, 7) is 3.89. The minimum atomic E-state index is -0.301. The lowest BCUT2D eigenvalue weighted by Gasteiger charge is -2.31. The molecule has 1 atom stereocenters. The highest BCUT2D eigenvalue weighted by molar-refractivity contribution is 5.67. The molecule has 0 spiro atoms. The normalized spacial score (nSPS) is 21.5. The van der Waals surface area contributed by atoms with Crippen LogP contribution in [0.3, 0.4) is 0 Å². The van der Waals surface area contributed by atoms with Gasteiger partial charge in [0.25, 0.3) is 0 Å². The first-order valence-corrected chi connectivity index (χ1v) is 5.42. The molecule has 0 saturated carbocycles. The van der Waals surface area contributed by atoms with E-state index in [1.54, 1.807) is 4.90 Å². The van der Waals surface area contributed by atoms with Crippen molar-refractivity contribution in [2.45, 2.75) is 25.9 Å². The van der Waals surface area contributed by atoms with Crippen LogP contribution in [0.15, 0.2) is 0 Å². The number of morpholine rings is 1. The highest BCUT2D eigenvalue weighted by atomic mass is 16.6. The zero-order valence-electron chi connectivity index (χ0n) is 9.15. The van der Waals surface area contributed by atoms with Crippen molar-refractivity contribution in [3.63, 3.8) is 0 Å². The molecule has 1 N–H and O–H groups in total. The molecule has 1 saturated heterocycles. The van der Waals surface area contributed by atoms with Crippen LogP contribution in [0.1, 0.15) is 19.8 Å². The van der Waals surface area contributed by atoms with Crippen molar-refractivity contribution in [2.75, 3.05) is 32.9 Å². The SMILES string of the molecule is CCCCOC(=O)N1CCO[C@H](CO)C1. The standard InChI is InChI=1S/C10H19NO4/c1-2-3-5-15-10(13)11-4-6-14-9(7-11)8-12/h9,12H,2-8H2,1H3/t9-/m0/s1. The first-order chi connectivity index (χ1) is 7.27. The number of nitrogens with zero attached hydrogens (tertiary/aromatic N) is 1. The Labute approximate surface area is 90.0 Å². The molecule has 88 valence electrons. The van der Waals surface area contributed by atoms with Crippen molar-refractivity contribution in [3.05, 3.63) is 0 Å². The summed E-state index contributed by atoms with van der Waals surface area (Å²) in [6, 6.07) is 0. The van der Waals surface area contributed by atoms with Gasteiger partial charge >= 0.3 is 6.09 Å². The summed E-state index contributed by atoms with van der Waals surface area (Å²) in [5, 5.41) is 8.90. The van der Waals surface area contributed by atoms with Gasteiger partial charge in [-0.25, -0.2) is 4.79 Å². The van der Waals surface area contributed by atoms with E-state index in [0.717, 1.165) is 12.8 Å². The van der Waals surface area contributed by atoms with Crippen molar-refractivity contribution >= 4 is 6.09 Å². The molecule has 0 radical (unpaired) electrons. The number of carbonyl (C=O) groups is 1. The van der Waals surface area contributed by atoms with Gasteiger partial charge in [0.05, 0.1) is 32.5 Å². The van der Waals surface area contributed by atoms with Crippen molar-refractivity contribution in [1.29, 1.82) is 0 Å². The van der Waals surface area contributed by atoms with Crippen molar-refractivity contribution in [2.24, 2.45) is 0 Å². The maximum Gasteiger partial charge on any atom is 0.409 e. The third-order valence-corrected chi connectivity index (χ3v) is 2.32. The van der Waals surface area contributed by atoms with Gasteiger partial charge in [0.1, 0.15) is 0 Å². The van der Waals surface area contributed by atoms with E-state index >= 15 is 0 Å². The summed E-state index contributed by atoms with van der Waals surface area (Å²) in [5.41, 5.74) is 0. The molecule has 0 aromatic rings.